The lowest BCUT2D eigenvalue weighted by Crippen LogP contribution is -2.28. The second kappa shape index (κ2) is 17.8. The summed E-state index contributed by atoms with van der Waals surface area (Å²) in [5, 5.41) is 5.03. The van der Waals surface area contributed by atoms with Crippen LogP contribution in [0.2, 0.25) is 0 Å². The van der Waals surface area contributed by atoms with E-state index in [1.807, 2.05) is 11.3 Å². The zero-order valence-electron chi connectivity index (χ0n) is 41.5. The number of hydrogen-bond acceptors (Lipinski definition) is 2. The van der Waals surface area contributed by atoms with E-state index in [1.165, 1.54) is 109 Å². The maximum absolute atomic E-state index is 2.50. The summed E-state index contributed by atoms with van der Waals surface area (Å²) < 4.78 is 5.05. The summed E-state index contributed by atoms with van der Waals surface area (Å²) in [6.07, 6.45) is 0. The number of nitrogens with zero attached hydrogens (tertiary/aromatic N) is 2. The van der Waals surface area contributed by atoms with Crippen molar-refractivity contribution in [1.29, 1.82) is 0 Å². The molecule has 1 aliphatic carbocycles. The molecule has 2 heterocycles. The van der Waals surface area contributed by atoms with E-state index in [1.54, 1.807) is 0 Å². The van der Waals surface area contributed by atoms with Gasteiger partial charge in [0.2, 0.25) is 0 Å². The van der Waals surface area contributed by atoms with E-state index in [0.29, 0.717) is 0 Å². The molecule has 12 aromatic carbocycles. The van der Waals surface area contributed by atoms with Crippen molar-refractivity contribution in [3.8, 4) is 50.2 Å². The Morgan fingerprint density at radius 3 is 1.55 bits per heavy atom. The van der Waals surface area contributed by atoms with Crippen molar-refractivity contribution in [2.75, 3.05) is 4.90 Å². The fraction of sp³-hybridized carbons (Fsp3) is 0.0137. The number of para-hydroxylation sites is 1. The molecule has 0 saturated carbocycles. The molecular weight excluding hydrogens is 937 g/mol. The minimum absolute atomic E-state index is 0.541. The number of thiophene rings is 1. The number of anilines is 3. The summed E-state index contributed by atoms with van der Waals surface area (Å²) >= 11 is 1.89. The van der Waals surface area contributed by atoms with Gasteiger partial charge in [-0.3, -0.25) is 0 Å². The minimum atomic E-state index is -0.541. The second-order valence-corrected chi connectivity index (χ2v) is 21.0. The molecule has 2 nitrogen and oxygen atoms in total. The van der Waals surface area contributed by atoms with Gasteiger partial charge in [-0.1, -0.05) is 224 Å². The van der Waals surface area contributed by atoms with Gasteiger partial charge in [0.25, 0.3) is 0 Å². The summed E-state index contributed by atoms with van der Waals surface area (Å²) in [5.41, 5.74) is 21.1. The second-order valence-electron chi connectivity index (χ2n) is 19.9. The third-order valence-electron chi connectivity index (χ3n) is 15.9. The Labute approximate surface area is 446 Å². The molecule has 14 aromatic rings. The molecule has 0 unspecified atom stereocenters. The van der Waals surface area contributed by atoms with Crippen LogP contribution in [0.5, 0.6) is 0 Å². The zero-order valence-corrected chi connectivity index (χ0v) is 42.3. The van der Waals surface area contributed by atoms with Crippen LogP contribution in [0.25, 0.3) is 92.2 Å². The zero-order chi connectivity index (χ0) is 50.2. The molecular formula is C73H48N2S. The Hall–Kier alpha value is -9.54. The fourth-order valence-electron chi connectivity index (χ4n) is 12.5. The van der Waals surface area contributed by atoms with Crippen LogP contribution in [0, 0.1) is 0 Å². The first-order chi connectivity index (χ1) is 37.7. The Balaban J connectivity index is 0.953. The lowest BCUT2D eigenvalue weighted by molar-refractivity contribution is 0.768. The minimum Gasteiger partial charge on any atom is -0.310 e. The van der Waals surface area contributed by atoms with Crippen molar-refractivity contribution >= 4 is 70.4 Å². The van der Waals surface area contributed by atoms with Crippen molar-refractivity contribution in [3.63, 3.8) is 0 Å². The smallest absolute Gasteiger partial charge is 0.0714 e. The third kappa shape index (κ3) is 6.86. The molecule has 0 radical (unpaired) electrons. The van der Waals surface area contributed by atoms with Crippen LogP contribution < -0.4 is 4.90 Å². The first-order valence-electron chi connectivity index (χ1n) is 26.2. The Morgan fingerprint density at radius 2 is 0.855 bits per heavy atom. The van der Waals surface area contributed by atoms with E-state index in [-0.39, 0.29) is 0 Å². The van der Waals surface area contributed by atoms with E-state index in [4.69, 9.17) is 0 Å². The van der Waals surface area contributed by atoms with E-state index < -0.39 is 5.41 Å². The number of rotatable bonds is 9. The molecule has 0 fully saturated rings. The molecule has 76 heavy (non-hydrogen) atoms. The van der Waals surface area contributed by atoms with Gasteiger partial charge in [0, 0.05) is 59.3 Å². The van der Waals surface area contributed by atoms with Gasteiger partial charge in [0.05, 0.1) is 16.4 Å². The average Bonchev–Trinajstić information content (AvgIpc) is 4.32. The van der Waals surface area contributed by atoms with Gasteiger partial charge in [-0.2, -0.15) is 0 Å². The summed E-state index contributed by atoms with van der Waals surface area (Å²) in [7, 11) is 0. The number of hydrogen-bond donors (Lipinski definition) is 0. The lowest BCUT2D eigenvalue weighted by atomic mass is 9.67. The van der Waals surface area contributed by atoms with Crippen molar-refractivity contribution in [2.24, 2.45) is 0 Å². The van der Waals surface area contributed by atoms with Crippen LogP contribution in [0.4, 0.5) is 17.1 Å². The predicted octanol–water partition coefficient (Wildman–Crippen LogP) is 20.0. The molecule has 356 valence electrons. The summed E-state index contributed by atoms with van der Waals surface area (Å²) in [5.74, 6) is 0. The molecule has 0 aliphatic heterocycles. The summed E-state index contributed by atoms with van der Waals surface area (Å²) in [6, 6.07) is 108. The topological polar surface area (TPSA) is 8.17 Å². The van der Waals surface area contributed by atoms with Crippen LogP contribution in [0.3, 0.4) is 0 Å². The molecule has 0 amide bonds. The van der Waals surface area contributed by atoms with Gasteiger partial charge in [-0.15, -0.1) is 11.3 Å². The highest BCUT2D eigenvalue weighted by Crippen LogP contribution is 2.57. The van der Waals surface area contributed by atoms with Crippen molar-refractivity contribution in [2.45, 2.75) is 5.41 Å². The molecule has 1 aliphatic rings. The van der Waals surface area contributed by atoms with Crippen LogP contribution in [-0.2, 0) is 5.41 Å². The van der Waals surface area contributed by atoms with Crippen LogP contribution in [0.1, 0.15) is 22.3 Å². The van der Waals surface area contributed by atoms with Gasteiger partial charge < -0.3 is 9.47 Å². The van der Waals surface area contributed by atoms with E-state index in [9.17, 15) is 0 Å². The van der Waals surface area contributed by atoms with Crippen LogP contribution in [0.15, 0.2) is 291 Å². The molecule has 0 bridgehead atoms. The lowest BCUT2D eigenvalue weighted by Gasteiger charge is -2.35. The molecule has 15 rings (SSSR count). The molecule has 0 atom stereocenters. The monoisotopic (exact) mass is 984 g/mol. The highest BCUT2D eigenvalue weighted by Gasteiger charge is 2.46. The van der Waals surface area contributed by atoms with E-state index in [0.717, 1.165) is 22.7 Å². The standard InChI is InChI=1S/C73H48N2S/c1-5-20-49(21-6-1)51-36-40-56(41-37-51)74(59-44-45-61-60-30-13-16-33-66(60)73(67(61)47-59,54-25-9-3-10-26-54)55-27-11-4-12-28-55)58-29-19-24-53(46-58)64-48-65-62-31-14-17-34-68(62)75(57-42-38-52(39-43-57)50-22-7-2-8-23-50)71(65)70-63-32-15-18-35-69(63)76-72(64)70/h1-48H. The van der Waals surface area contributed by atoms with E-state index in [2.05, 4.69) is 301 Å². The normalized spacial score (nSPS) is 12.6. The molecule has 2 aromatic heterocycles. The number of aromatic nitrogens is 1. The van der Waals surface area contributed by atoms with Crippen molar-refractivity contribution < 1.29 is 0 Å². The first kappa shape index (κ1) is 44.0. The quantitative estimate of drug-likeness (QED) is 0.140. The third-order valence-corrected chi connectivity index (χ3v) is 17.1. The van der Waals surface area contributed by atoms with Crippen molar-refractivity contribution in [3.05, 3.63) is 313 Å². The van der Waals surface area contributed by atoms with Gasteiger partial charge in [-0.05, 0) is 128 Å². The van der Waals surface area contributed by atoms with Gasteiger partial charge in [-0.25, -0.2) is 0 Å². The molecule has 0 N–H and O–H groups in total. The number of fused-ring (bicyclic) bond motifs is 10. The Morgan fingerprint density at radius 1 is 0.329 bits per heavy atom. The largest absolute Gasteiger partial charge is 0.310 e. The average molecular weight is 985 g/mol. The fourth-order valence-corrected chi connectivity index (χ4v) is 13.8. The SMILES string of the molecule is c1ccc(-c2ccc(N(c3cccc(-c4cc5c6ccccc6n(-c6ccc(-c7ccccc7)cc6)c5c5c4sc4ccccc45)c3)c3ccc4c(c3)C(c3ccccc3)(c3ccccc3)c3ccccc3-4)cc2)cc1. The Kier molecular flexibility index (Phi) is 10.3. The van der Waals surface area contributed by atoms with Crippen LogP contribution in [-0.4, -0.2) is 4.57 Å². The highest BCUT2D eigenvalue weighted by atomic mass is 32.1. The summed E-state index contributed by atoms with van der Waals surface area (Å²) in [6.45, 7) is 0. The molecule has 3 heteroatoms. The van der Waals surface area contributed by atoms with E-state index >= 15 is 0 Å². The molecule has 0 spiro atoms. The van der Waals surface area contributed by atoms with Crippen molar-refractivity contribution in [1.82, 2.24) is 4.57 Å². The van der Waals surface area contributed by atoms with Gasteiger partial charge in [0.1, 0.15) is 0 Å². The predicted molar refractivity (Wildman–Crippen MR) is 322 cm³/mol. The maximum Gasteiger partial charge on any atom is 0.0714 e. The summed E-state index contributed by atoms with van der Waals surface area (Å²) in [4.78, 5) is 2.47. The first-order valence-corrected chi connectivity index (χ1v) is 27.0. The Bertz CT molecular complexity index is 4440. The van der Waals surface area contributed by atoms with Gasteiger partial charge >= 0.3 is 0 Å². The van der Waals surface area contributed by atoms with Gasteiger partial charge in [0.15, 0.2) is 0 Å². The molecule has 0 saturated heterocycles. The van der Waals surface area contributed by atoms with Crippen LogP contribution >= 0.6 is 11.3 Å². The maximum atomic E-state index is 2.50. The highest BCUT2D eigenvalue weighted by molar-refractivity contribution is 7.26. The number of benzene rings is 12.